The largest absolute Gasteiger partial charge is 0.432 e. The standard InChI is InChI=1S/C32H27F7O2.C32H28F6O2.C32H29F5O2/c1-15-5-6-27(40-14-15)19-7-16(2)28(17(3)8-19)21-11-25(35)30(26(36)12-21)32(38,39)41-22-9-20-10-23(33)18(4)31(37)29(20)24(34)13-22;1-16-5-8-28(39-15-16)21-9-17(2)29(18(3)10-21)22-13-26(34)30(27(35)14-22)32(37,38)40-23-6-7-24-20(11-23)12-25(33)19(4)31(24)36;1-17-5-10-28(38-16-17)22-11-18(2)29(19(3)12-22)21-6-8-24(9-7-21)32(36,37)39-25-13-23-14-26(33)20(4)31(35)30(23)27(34)15-25/h7-13,15,27H,5-6,14H2,1-4H3;6-7,9-14,16,28H,5,8,15H2,1-4H3;6-9,11-15,17,28H,5,10,16H2,1-4H3. The fourth-order valence-corrected chi connectivity index (χ4v) is 16.3. The van der Waals surface area contributed by atoms with E-state index in [0.29, 0.717) is 65.4 Å². The minimum absolute atomic E-state index is 0.00218. The Morgan fingerprint density at radius 3 is 0.942 bits per heavy atom. The van der Waals surface area contributed by atoms with Crippen LogP contribution in [-0.4, -0.2) is 19.8 Å². The van der Waals surface area contributed by atoms with Crippen molar-refractivity contribution in [3.8, 4) is 50.6 Å². The van der Waals surface area contributed by atoms with Crippen LogP contribution >= 0.6 is 0 Å². The van der Waals surface area contributed by atoms with Crippen molar-refractivity contribution in [1.82, 2.24) is 0 Å². The summed E-state index contributed by atoms with van der Waals surface area (Å²) in [6.45, 7) is 23.1. The molecule has 3 saturated heterocycles. The van der Waals surface area contributed by atoms with Gasteiger partial charge in [-0.15, -0.1) is 0 Å². The molecule has 3 aliphatic heterocycles. The van der Waals surface area contributed by atoms with Crippen molar-refractivity contribution in [2.45, 2.75) is 158 Å². The Hall–Kier alpha value is -10.6. The minimum Gasteiger partial charge on any atom is -0.429 e. The average molecular weight is 1680 g/mol. The van der Waals surface area contributed by atoms with Gasteiger partial charge < -0.3 is 28.4 Å². The van der Waals surface area contributed by atoms with Gasteiger partial charge in [-0.25, -0.2) is 52.7 Å². The van der Waals surface area contributed by atoms with Gasteiger partial charge in [-0.05, 0) is 303 Å². The molecule has 24 heteroatoms. The van der Waals surface area contributed by atoms with Crippen molar-refractivity contribution in [2.75, 3.05) is 19.8 Å². The van der Waals surface area contributed by atoms with E-state index in [2.05, 4.69) is 42.4 Å². The van der Waals surface area contributed by atoms with E-state index in [-0.39, 0.29) is 56.7 Å². The number of fused-ring (bicyclic) bond motifs is 3. The molecular weight excluding hydrogens is 1590 g/mol. The van der Waals surface area contributed by atoms with Crippen LogP contribution in [0.25, 0.3) is 65.7 Å². The molecule has 3 aliphatic rings. The molecule has 12 aromatic rings. The van der Waals surface area contributed by atoms with Crippen LogP contribution in [-0.2, 0) is 32.5 Å². The number of ether oxygens (including phenoxy) is 6. The van der Waals surface area contributed by atoms with Crippen LogP contribution in [0.1, 0.15) is 161 Å². The zero-order valence-electron chi connectivity index (χ0n) is 67.4. The maximum atomic E-state index is 15.2. The Morgan fingerprint density at radius 1 is 0.292 bits per heavy atom. The molecule has 0 aromatic heterocycles. The first kappa shape index (κ1) is 87.3. The van der Waals surface area contributed by atoms with Crippen molar-refractivity contribution in [1.29, 1.82) is 0 Å². The highest BCUT2D eigenvalue weighted by atomic mass is 19.3. The van der Waals surface area contributed by atoms with Gasteiger partial charge in [0.05, 0.1) is 34.6 Å². The number of hydrogen-bond acceptors (Lipinski definition) is 6. The molecule has 12 aromatic carbocycles. The fourth-order valence-electron chi connectivity index (χ4n) is 16.3. The average Bonchev–Trinajstić information content (AvgIpc) is 0.779. The molecule has 120 heavy (non-hydrogen) atoms. The van der Waals surface area contributed by atoms with Gasteiger partial charge in [0, 0.05) is 54.0 Å². The molecule has 6 atom stereocenters. The summed E-state index contributed by atoms with van der Waals surface area (Å²) in [7, 11) is 0. The molecule has 0 aliphatic carbocycles. The van der Waals surface area contributed by atoms with Crippen LogP contribution in [0.15, 0.2) is 146 Å². The second-order valence-electron chi connectivity index (χ2n) is 31.9. The summed E-state index contributed by atoms with van der Waals surface area (Å²) in [5, 5.41) is -1.74. The third-order valence-corrected chi connectivity index (χ3v) is 22.6. The van der Waals surface area contributed by atoms with Crippen molar-refractivity contribution in [3.05, 3.63) is 299 Å². The molecule has 6 unspecified atom stereocenters. The second-order valence-corrected chi connectivity index (χ2v) is 31.9. The third kappa shape index (κ3) is 18.1. The molecule has 0 N–H and O–H groups in total. The molecule has 0 saturated carbocycles. The van der Waals surface area contributed by atoms with Gasteiger partial charge in [0.2, 0.25) is 0 Å². The van der Waals surface area contributed by atoms with Crippen molar-refractivity contribution < 1.29 is 107 Å². The molecule has 0 spiro atoms. The molecule has 0 radical (unpaired) electrons. The van der Waals surface area contributed by atoms with E-state index >= 15 is 43.9 Å². The summed E-state index contributed by atoms with van der Waals surface area (Å²) < 4.78 is 297. The van der Waals surface area contributed by atoms with Crippen LogP contribution < -0.4 is 14.2 Å². The van der Waals surface area contributed by atoms with Gasteiger partial charge in [0.1, 0.15) is 98.2 Å². The van der Waals surface area contributed by atoms with E-state index in [1.807, 2.05) is 38.1 Å². The second kappa shape index (κ2) is 34.5. The fraction of sp³-hybridized carbons (Fsp3) is 0.312. The van der Waals surface area contributed by atoms with Gasteiger partial charge in [-0.2, -0.15) is 26.3 Å². The van der Waals surface area contributed by atoms with E-state index in [4.69, 9.17) is 18.9 Å². The lowest BCUT2D eigenvalue weighted by atomic mass is 9.89. The molecule has 630 valence electrons. The van der Waals surface area contributed by atoms with E-state index in [0.717, 1.165) is 175 Å². The lowest BCUT2D eigenvalue weighted by molar-refractivity contribution is -0.190. The highest BCUT2D eigenvalue weighted by Gasteiger charge is 2.44. The van der Waals surface area contributed by atoms with Crippen molar-refractivity contribution >= 4 is 32.3 Å². The Kier molecular flexibility index (Phi) is 25.1. The first-order valence-electron chi connectivity index (χ1n) is 39.1. The topological polar surface area (TPSA) is 55.4 Å². The van der Waals surface area contributed by atoms with Gasteiger partial charge in [0.25, 0.3) is 0 Å². The molecule has 0 bridgehead atoms. The zero-order valence-corrected chi connectivity index (χ0v) is 67.4. The van der Waals surface area contributed by atoms with E-state index in [1.165, 1.54) is 26.0 Å². The summed E-state index contributed by atoms with van der Waals surface area (Å²) >= 11 is 0. The smallest absolute Gasteiger partial charge is 0.429 e. The Bertz CT molecular complexity index is 5830. The highest BCUT2D eigenvalue weighted by Crippen LogP contribution is 2.47. The van der Waals surface area contributed by atoms with Crippen LogP contribution in [0.5, 0.6) is 17.2 Å². The van der Waals surface area contributed by atoms with E-state index in [1.54, 1.807) is 39.8 Å². The summed E-state index contributed by atoms with van der Waals surface area (Å²) in [4.78, 5) is 0. The van der Waals surface area contributed by atoms with Crippen molar-refractivity contribution in [2.24, 2.45) is 17.8 Å². The summed E-state index contributed by atoms with van der Waals surface area (Å²) in [6.07, 6.45) is -7.08. The Balaban J connectivity index is 0.000000156. The van der Waals surface area contributed by atoms with Gasteiger partial charge in [0.15, 0.2) is 0 Å². The Morgan fingerprint density at radius 2 is 0.600 bits per heavy atom. The third-order valence-electron chi connectivity index (χ3n) is 22.6. The Labute approximate surface area is 682 Å². The minimum atomic E-state index is -4.59. The number of rotatable bonds is 15. The molecule has 3 heterocycles. The lowest BCUT2D eigenvalue weighted by Gasteiger charge is -2.28. The SMILES string of the molecule is Cc1cc(C2CCC(C)CO2)cc(C)c1-c1cc(F)c(C(F)(F)Oc2cc(F)c3c(F)c(C)c(F)cc3c2)c(F)c1.Cc1cc(C2CCC(C)CO2)cc(C)c1-c1cc(F)c(C(F)(F)Oc2ccc3c(F)c(C)c(F)cc3c2)c(F)c1.Cc1cc(C2CCC(C)CO2)cc(C)c1-c1ccc(C(F)(F)Oc2cc(F)c3c(F)c(C)c(F)cc3c2)cc1. The molecule has 0 amide bonds. The maximum Gasteiger partial charge on any atom is 0.432 e. The van der Waals surface area contributed by atoms with Crippen LogP contribution in [0, 0.1) is 150 Å². The molecule has 15 rings (SSSR count). The number of alkyl halides is 6. The van der Waals surface area contributed by atoms with Gasteiger partial charge >= 0.3 is 18.3 Å². The summed E-state index contributed by atoms with van der Waals surface area (Å²) in [5.41, 5.74) is 6.13. The van der Waals surface area contributed by atoms with Crippen LogP contribution in [0.4, 0.5) is 79.0 Å². The first-order valence-corrected chi connectivity index (χ1v) is 39.1. The van der Waals surface area contributed by atoms with Crippen molar-refractivity contribution in [3.63, 3.8) is 0 Å². The molecule has 6 nitrogen and oxygen atoms in total. The lowest BCUT2D eigenvalue weighted by Crippen LogP contribution is -2.25. The number of benzene rings is 12. The van der Waals surface area contributed by atoms with Gasteiger partial charge in [-0.1, -0.05) is 69.3 Å². The van der Waals surface area contributed by atoms with E-state index in [9.17, 15) is 35.1 Å². The zero-order chi connectivity index (χ0) is 86.8. The maximum absolute atomic E-state index is 15.2. The summed E-state index contributed by atoms with van der Waals surface area (Å²) in [5.74, 6) is -14.8. The number of halogens is 18. The quantitative estimate of drug-likeness (QED) is 0.0954. The van der Waals surface area contributed by atoms with Crippen LogP contribution in [0.2, 0.25) is 0 Å². The molecule has 3 fully saturated rings. The van der Waals surface area contributed by atoms with Gasteiger partial charge in [-0.3, -0.25) is 0 Å². The van der Waals surface area contributed by atoms with E-state index < -0.39 is 144 Å². The molecular formula is C96H84F18O6. The number of hydrogen-bond donors (Lipinski definition) is 0. The monoisotopic (exact) mass is 1670 g/mol. The first-order chi connectivity index (χ1) is 56.6. The highest BCUT2D eigenvalue weighted by molar-refractivity contribution is 5.88. The van der Waals surface area contributed by atoms with Crippen LogP contribution in [0.3, 0.4) is 0 Å². The predicted molar refractivity (Wildman–Crippen MR) is 424 cm³/mol. The number of aryl methyl sites for hydroxylation is 6. The predicted octanol–water partition coefficient (Wildman–Crippen LogP) is 28.8. The normalized spacial score (nSPS) is 17.9. The summed E-state index contributed by atoms with van der Waals surface area (Å²) in [6, 6.07) is 29.4.